The summed E-state index contributed by atoms with van der Waals surface area (Å²) in [5.41, 5.74) is 0.0608. The SMILES string of the molecule is CNS(=O)(=O)OC1OC2(CCCCC2)OC1c1ccccc1[N+](=O)[O-]. The number of rotatable bonds is 5. The zero-order valence-corrected chi connectivity index (χ0v) is 14.5. The van der Waals surface area contributed by atoms with Gasteiger partial charge in [-0.15, -0.1) is 0 Å². The first-order valence-electron chi connectivity index (χ1n) is 8.06. The first-order chi connectivity index (χ1) is 11.9. The van der Waals surface area contributed by atoms with Crippen molar-refractivity contribution >= 4 is 16.0 Å². The molecule has 1 aromatic carbocycles. The van der Waals surface area contributed by atoms with E-state index in [4.69, 9.17) is 13.7 Å². The molecule has 2 aliphatic rings. The summed E-state index contributed by atoms with van der Waals surface area (Å²) in [5, 5.41) is 11.3. The summed E-state index contributed by atoms with van der Waals surface area (Å²) in [4.78, 5) is 10.8. The molecule has 1 saturated carbocycles. The number of hydrogen-bond acceptors (Lipinski definition) is 7. The van der Waals surface area contributed by atoms with Gasteiger partial charge < -0.3 is 9.47 Å². The maximum Gasteiger partial charge on any atom is 0.338 e. The molecule has 0 bridgehead atoms. The summed E-state index contributed by atoms with van der Waals surface area (Å²) < 4.78 is 42.6. The van der Waals surface area contributed by atoms with E-state index < -0.39 is 33.4 Å². The Morgan fingerprint density at radius 3 is 2.56 bits per heavy atom. The maximum absolute atomic E-state index is 11.8. The van der Waals surface area contributed by atoms with Gasteiger partial charge in [0.25, 0.3) is 5.69 Å². The predicted octanol–water partition coefficient (Wildman–Crippen LogP) is 2.15. The third kappa shape index (κ3) is 3.82. The van der Waals surface area contributed by atoms with Gasteiger partial charge in [0, 0.05) is 26.0 Å². The first kappa shape index (κ1) is 18.2. The second-order valence-electron chi connectivity index (χ2n) is 6.07. The number of nitrogens with one attached hydrogen (secondary N) is 1. The summed E-state index contributed by atoms with van der Waals surface area (Å²) in [5.74, 6) is -0.972. The smallest absolute Gasteiger partial charge is 0.336 e. The zero-order valence-electron chi connectivity index (χ0n) is 13.7. The van der Waals surface area contributed by atoms with Crippen LogP contribution in [-0.4, -0.2) is 32.5 Å². The number of nitro benzene ring substituents is 1. The maximum atomic E-state index is 11.8. The molecule has 1 N–H and O–H groups in total. The van der Waals surface area contributed by atoms with Crippen molar-refractivity contribution in [3.05, 3.63) is 39.9 Å². The van der Waals surface area contributed by atoms with E-state index in [1.807, 2.05) is 4.72 Å². The standard InChI is InChI=1S/C15H20N2O7S/c1-16-25(20,21)24-14-13(11-7-3-4-8-12(11)17(18)19)22-15(23-14)9-5-2-6-10-15/h3-4,7-8,13-14,16H,2,5-6,9-10H2,1H3. The van der Waals surface area contributed by atoms with Gasteiger partial charge in [-0.1, -0.05) is 18.6 Å². The number of para-hydroxylation sites is 1. The monoisotopic (exact) mass is 372 g/mol. The lowest BCUT2D eigenvalue weighted by molar-refractivity contribution is -0.386. The lowest BCUT2D eigenvalue weighted by atomic mass is 9.94. The molecule has 9 nitrogen and oxygen atoms in total. The van der Waals surface area contributed by atoms with E-state index in [2.05, 4.69) is 0 Å². The molecule has 0 aromatic heterocycles. The Morgan fingerprint density at radius 2 is 1.92 bits per heavy atom. The number of hydrogen-bond donors (Lipinski definition) is 1. The Balaban J connectivity index is 1.97. The zero-order chi connectivity index (χ0) is 18.1. The van der Waals surface area contributed by atoms with Crippen LogP contribution in [0.1, 0.15) is 43.8 Å². The third-order valence-corrected chi connectivity index (χ3v) is 5.39. The molecule has 2 fully saturated rings. The minimum Gasteiger partial charge on any atom is -0.336 e. The van der Waals surface area contributed by atoms with Crippen LogP contribution in [0.5, 0.6) is 0 Å². The van der Waals surface area contributed by atoms with E-state index in [0.29, 0.717) is 12.8 Å². The van der Waals surface area contributed by atoms with Crippen LogP contribution in [0.2, 0.25) is 0 Å². The summed E-state index contributed by atoms with van der Waals surface area (Å²) in [6.45, 7) is 0. The Labute approximate surface area is 145 Å². The fourth-order valence-electron chi connectivity index (χ4n) is 3.26. The second-order valence-corrected chi connectivity index (χ2v) is 7.58. The normalized spacial score (nSPS) is 26.0. The van der Waals surface area contributed by atoms with Crippen molar-refractivity contribution in [1.82, 2.24) is 4.72 Å². The highest BCUT2D eigenvalue weighted by Gasteiger charge is 2.52. The Bertz CT molecular complexity index is 746. The van der Waals surface area contributed by atoms with E-state index in [1.165, 1.54) is 25.2 Å². The molecule has 25 heavy (non-hydrogen) atoms. The molecule has 138 valence electrons. The van der Waals surface area contributed by atoms with Crippen molar-refractivity contribution < 1.29 is 27.0 Å². The molecule has 1 aliphatic carbocycles. The van der Waals surface area contributed by atoms with E-state index in [0.717, 1.165) is 19.3 Å². The van der Waals surface area contributed by atoms with Gasteiger partial charge in [-0.3, -0.25) is 10.1 Å². The quantitative estimate of drug-likeness (QED) is 0.621. The molecule has 0 amide bonds. The van der Waals surface area contributed by atoms with E-state index in [1.54, 1.807) is 6.07 Å². The van der Waals surface area contributed by atoms with Crippen molar-refractivity contribution in [3.63, 3.8) is 0 Å². The molecule has 10 heteroatoms. The van der Waals surface area contributed by atoms with Crippen LogP contribution in [0.15, 0.2) is 24.3 Å². The summed E-state index contributed by atoms with van der Waals surface area (Å²) in [6, 6.07) is 6.03. The van der Waals surface area contributed by atoms with Gasteiger partial charge in [0.2, 0.25) is 6.29 Å². The van der Waals surface area contributed by atoms with Gasteiger partial charge in [0.15, 0.2) is 5.79 Å². The van der Waals surface area contributed by atoms with Crippen molar-refractivity contribution in [2.24, 2.45) is 0 Å². The Hall–Kier alpha value is -1.59. The van der Waals surface area contributed by atoms with Gasteiger partial charge >= 0.3 is 10.3 Å². The molecule has 3 rings (SSSR count). The largest absolute Gasteiger partial charge is 0.338 e. The summed E-state index contributed by atoms with van der Waals surface area (Å²) >= 11 is 0. The molecular weight excluding hydrogens is 352 g/mol. The minimum absolute atomic E-state index is 0.167. The van der Waals surface area contributed by atoms with Gasteiger partial charge in [-0.2, -0.15) is 13.1 Å². The predicted molar refractivity (Wildman–Crippen MR) is 86.7 cm³/mol. The molecule has 2 atom stereocenters. The van der Waals surface area contributed by atoms with Crippen LogP contribution in [0.25, 0.3) is 0 Å². The van der Waals surface area contributed by atoms with Gasteiger partial charge in [-0.25, -0.2) is 4.18 Å². The number of nitrogens with zero attached hydrogens (tertiary/aromatic N) is 1. The van der Waals surface area contributed by atoms with Crippen molar-refractivity contribution in [3.8, 4) is 0 Å². The Kier molecular flexibility index (Phi) is 5.07. The van der Waals surface area contributed by atoms with E-state index >= 15 is 0 Å². The summed E-state index contributed by atoms with van der Waals surface area (Å²) in [6.07, 6.45) is 1.64. The van der Waals surface area contributed by atoms with Crippen LogP contribution in [0, 0.1) is 10.1 Å². The lowest BCUT2D eigenvalue weighted by Gasteiger charge is -2.31. The van der Waals surface area contributed by atoms with Gasteiger partial charge in [-0.05, 0) is 18.9 Å². The number of ether oxygens (including phenoxy) is 2. The number of benzene rings is 1. The van der Waals surface area contributed by atoms with Gasteiger partial charge in [0.1, 0.15) is 6.10 Å². The topological polar surface area (TPSA) is 117 Å². The minimum atomic E-state index is -4.06. The Morgan fingerprint density at radius 1 is 1.24 bits per heavy atom. The fourth-order valence-corrected chi connectivity index (χ4v) is 3.75. The van der Waals surface area contributed by atoms with Crippen molar-refractivity contribution in [2.45, 2.75) is 50.3 Å². The highest BCUT2D eigenvalue weighted by atomic mass is 32.2. The molecule has 1 spiro atoms. The third-order valence-electron chi connectivity index (χ3n) is 4.45. The van der Waals surface area contributed by atoms with E-state index in [-0.39, 0.29) is 11.3 Å². The average Bonchev–Trinajstić information content (AvgIpc) is 2.92. The highest BCUT2D eigenvalue weighted by molar-refractivity contribution is 7.84. The average molecular weight is 372 g/mol. The number of nitro groups is 1. The van der Waals surface area contributed by atoms with E-state index in [9.17, 15) is 18.5 Å². The molecule has 0 radical (unpaired) electrons. The fraction of sp³-hybridized carbons (Fsp3) is 0.600. The second kappa shape index (κ2) is 6.96. The van der Waals surface area contributed by atoms with Crippen LogP contribution in [0.4, 0.5) is 5.69 Å². The lowest BCUT2D eigenvalue weighted by Crippen LogP contribution is -2.35. The van der Waals surface area contributed by atoms with Crippen molar-refractivity contribution in [2.75, 3.05) is 7.05 Å². The molecule has 1 heterocycles. The van der Waals surface area contributed by atoms with Crippen LogP contribution in [-0.2, 0) is 24.0 Å². The molecular formula is C15H20N2O7S. The molecule has 1 saturated heterocycles. The molecule has 2 unspecified atom stereocenters. The van der Waals surface area contributed by atoms with Crippen LogP contribution < -0.4 is 4.72 Å². The van der Waals surface area contributed by atoms with Crippen LogP contribution >= 0.6 is 0 Å². The van der Waals surface area contributed by atoms with Crippen molar-refractivity contribution in [1.29, 1.82) is 0 Å². The van der Waals surface area contributed by atoms with Gasteiger partial charge in [0.05, 0.1) is 10.5 Å². The molecule has 1 aliphatic heterocycles. The first-order valence-corrected chi connectivity index (χ1v) is 9.47. The highest BCUT2D eigenvalue weighted by Crippen LogP contribution is 2.48. The molecule has 1 aromatic rings. The van der Waals surface area contributed by atoms with Crippen LogP contribution in [0.3, 0.4) is 0 Å². The summed E-state index contributed by atoms with van der Waals surface area (Å²) in [7, 11) is -2.85.